The van der Waals surface area contributed by atoms with Crippen LogP contribution >= 0.6 is 0 Å². The van der Waals surface area contributed by atoms with Gasteiger partial charge in [-0.15, -0.1) is 0 Å². The highest BCUT2D eigenvalue weighted by Crippen LogP contribution is 2.10. The van der Waals surface area contributed by atoms with Crippen molar-refractivity contribution in [1.29, 1.82) is 0 Å². The second-order valence-electron chi connectivity index (χ2n) is 4.36. The van der Waals surface area contributed by atoms with E-state index in [0.717, 1.165) is 5.56 Å². The van der Waals surface area contributed by atoms with Gasteiger partial charge in [0.05, 0.1) is 12.2 Å². The van der Waals surface area contributed by atoms with Crippen LogP contribution in [-0.2, 0) is 6.54 Å². The van der Waals surface area contributed by atoms with Crippen molar-refractivity contribution in [3.05, 3.63) is 35.4 Å². The first-order valence-electron chi connectivity index (χ1n) is 5.13. The molecule has 0 fully saturated rings. The van der Waals surface area contributed by atoms with Crippen LogP contribution in [0.4, 0.5) is 0 Å². The van der Waals surface area contributed by atoms with E-state index in [9.17, 15) is 4.79 Å². The molecule has 0 amide bonds. The Balaban J connectivity index is 2.78. The highest BCUT2D eigenvalue weighted by atomic mass is 16.4. The highest BCUT2D eigenvalue weighted by molar-refractivity contribution is 5.89. The Kier molecular flexibility index (Phi) is 4.04. The van der Waals surface area contributed by atoms with E-state index in [1.807, 2.05) is 13.8 Å². The lowest BCUT2D eigenvalue weighted by Crippen LogP contribution is -2.42. The molecule has 0 saturated heterocycles. The molecule has 0 saturated carbocycles. The highest BCUT2D eigenvalue weighted by Gasteiger charge is 2.16. The molecule has 1 aromatic rings. The van der Waals surface area contributed by atoms with Gasteiger partial charge in [-0.2, -0.15) is 0 Å². The number of rotatable bonds is 5. The molecule has 88 valence electrons. The molecular formula is C12H17NO3. The van der Waals surface area contributed by atoms with Crippen LogP contribution in [0.5, 0.6) is 0 Å². The van der Waals surface area contributed by atoms with Crippen molar-refractivity contribution in [2.45, 2.75) is 25.9 Å². The van der Waals surface area contributed by atoms with Crippen molar-refractivity contribution >= 4 is 5.97 Å². The zero-order chi connectivity index (χ0) is 12.2. The van der Waals surface area contributed by atoms with E-state index >= 15 is 0 Å². The number of carboxylic acids is 1. The van der Waals surface area contributed by atoms with Crippen LogP contribution in [0, 0.1) is 0 Å². The van der Waals surface area contributed by atoms with Crippen LogP contribution in [0.1, 0.15) is 29.8 Å². The quantitative estimate of drug-likeness (QED) is 0.702. The van der Waals surface area contributed by atoms with Gasteiger partial charge in [-0.1, -0.05) is 18.2 Å². The summed E-state index contributed by atoms with van der Waals surface area (Å²) in [6.07, 6.45) is 0. The van der Waals surface area contributed by atoms with Crippen molar-refractivity contribution in [3.63, 3.8) is 0 Å². The minimum absolute atomic E-state index is 0.00222. The van der Waals surface area contributed by atoms with Crippen LogP contribution in [0.25, 0.3) is 0 Å². The molecule has 4 heteroatoms. The average Bonchev–Trinajstić information content (AvgIpc) is 2.27. The minimum Gasteiger partial charge on any atom is -0.478 e. The molecule has 4 nitrogen and oxygen atoms in total. The fourth-order valence-corrected chi connectivity index (χ4v) is 1.27. The second-order valence-corrected chi connectivity index (χ2v) is 4.36. The van der Waals surface area contributed by atoms with Crippen molar-refractivity contribution in [2.75, 3.05) is 6.61 Å². The summed E-state index contributed by atoms with van der Waals surface area (Å²) in [5.41, 5.74) is 0.603. The SMILES string of the molecule is CC(C)(CO)NCc1ccccc1C(=O)O. The number of aromatic carboxylic acids is 1. The van der Waals surface area contributed by atoms with Crippen LogP contribution in [0.2, 0.25) is 0 Å². The molecule has 1 aromatic carbocycles. The molecule has 0 aliphatic heterocycles. The van der Waals surface area contributed by atoms with Crippen molar-refractivity contribution < 1.29 is 15.0 Å². The third-order valence-corrected chi connectivity index (χ3v) is 2.40. The van der Waals surface area contributed by atoms with Crippen molar-refractivity contribution in [3.8, 4) is 0 Å². The van der Waals surface area contributed by atoms with Crippen LogP contribution < -0.4 is 5.32 Å². The van der Waals surface area contributed by atoms with Gasteiger partial charge in [0.1, 0.15) is 0 Å². The Labute approximate surface area is 94.9 Å². The maximum absolute atomic E-state index is 10.9. The number of aliphatic hydroxyl groups excluding tert-OH is 1. The van der Waals surface area contributed by atoms with E-state index in [4.69, 9.17) is 10.2 Å². The van der Waals surface area contributed by atoms with Crippen molar-refractivity contribution in [1.82, 2.24) is 5.32 Å². The molecular weight excluding hydrogens is 206 g/mol. The van der Waals surface area contributed by atoms with E-state index < -0.39 is 11.5 Å². The first kappa shape index (κ1) is 12.7. The molecule has 0 aliphatic carbocycles. The third kappa shape index (κ3) is 3.32. The van der Waals surface area contributed by atoms with E-state index in [0.29, 0.717) is 12.1 Å². The predicted molar refractivity (Wildman–Crippen MR) is 61.4 cm³/mol. The van der Waals surface area contributed by atoms with E-state index in [1.54, 1.807) is 24.3 Å². The molecule has 16 heavy (non-hydrogen) atoms. The Morgan fingerprint density at radius 2 is 2.00 bits per heavy atom. The summed E-state index contributed by atoms with van der Waals surface area (Å²) in [5, 5.41) is 21.2. The van der Waals surface area contributed by atoms with E-state index in [2.05, 4.69) is 5.32 Å². The number of aliphatic hydroxyl groups is 1. The minimum atomic E-state index is -0.931. The molecule has 0 aromatic heterocycles. The molecule has 0 atom stereocenters. The summed E-state index contributed by atoms with van der Waals surface area (Å²) >= 11 is 0. The van der Waals surface area contributed by atoms with Gasteiger partial charge in [0, 0.05) is 12.1 Å². The monoisotopic (exact) mass is 223 g/mol. The Hall–Kier alpha value is -1.39. The summed E-state index contributed by atoms with van der Waals surface area (Å²) in [7, 11) is 0. The molecule has 0 spiro atoms. The van der Waals surface area contributed by atoms with Gasteiger partial charge in [0.25, 0.3) is 0 Å². The fraction of sp³-hybridized carbons (Fsp3) is 0.417. The predicted octanol–water partition coefficient (Wildman–Crippen LogP) is 1.25. The number of hydrogen-bond acceptors (Lipinski definition) is 3. The number of benzene rings is 1. The normalized spacial score (nSPS) is 11.4. The first-order chi connectivity index (χ1) is 7.46. The van der Waals surface area contributed by atoms with Gasteiger partial charge in [0.2, 0.25) is 0 Å². The lowest BCUT2D eigenvalue weighted by Gasteiger charge is -2.24. The lowest BCUT2D eigenvalue weighted by molar-refractivity contribution is 0.0695. The third-order valence-electron chi connectivity index (χ3n) is 2.40. The second kappa shape index (κ2) is 5.09. The average molecular weight is 223 g/mol. The number of hydrogen-bond donors (Lipinski definition) is 3. The first-order valence-corrected chi connectivity index (χ1v) is 5.13. The molecule has 3 N–H and O–H groups in total. The Morgan fingerprint density at radius 1 is 1.38 bits per heavy atom. The summed E-state index contributed by atoms with van der Waals surface area (Å²) in [5.74, 6) is -0.931. The van der Waals surface area contributed by atoms with Crippen molar-refractivity contribution in [2.24, 2.45) is 0 Å². The summed E-state index contributed by atoms with van der Waals surface area (Å²) in [6.45, 7) is 4.14. The van der Waals surface area contributed by atoms with Crippen LogP contribution in [0.15, 0.2) is 24.3 Å². The van der Waals surface area contributed by atoms with Gasteiger partial charge in [-0.25, -0.2) is 4.79 Å². The number of carboxylic acid groups (broad SMARTS) is 1. The van der Waals surface area contributed by atoms with Gasteiger partial charge >= 0.3 is 5.97 Å². The topological polar surface area (TPSA) is 69.6 Å². The molecule has 0 heterocycles. The number of nitrogens with one attached hydrogen (secondary N) is 1. The summed E-state index contributed by atoms with van der Waals surface area (Å²) in [6, 6.07) is 6.84. The van der Waals surface area contributed by atoms with Gasteiger partial charge < -0.3 is 15.5 Å². The van der Waals surface area contributed by atoms with Crippen LogP contribution in [-0.4, -0.2) is 28.3 Å². The zero-order valence-electron chi connectivity index (χ0n) is 9.53. The van der Waals surface area contributed by atoms with Gasteiger partial charge in [-0.05, 0) is 25.5 Å². The standard InChI is InChI=1S/C12H17NO3/c1-12(2,8-14)13-7-9-5-3-4-6-10(9)11(15)16/h3-6,13-14H,7-8H2,1-2H3,(H,15,16). The molecule has 0 radical (unpaired) electrons. The smallest absolute Gasteiger partial charge is 0.336 e. The maximum Gasteiger partial charge on any atom is 0.336 e. The van der Waals surface area contributed by atoms with E-state index in [-0.39, 0.29) is 6.61 Å². The molecule has 1 rings (SSSR count). The summed E-state index contributed by atoms with van der Waals surface area (Å²) in [4.78, 5) is 10.9. The van der Waals surface area contributed by atoms with Crippen LogP contribution in [0.3, 0.4) is 0 Å². The molecule has 0 bridgehead atoms. The Bertz CT molecular complexity index is 374. The zero-order valence-corrected chi connectivity index (χ0v) is 9.53. The lowest BCUT2D eigenvalue weighted by atomic mass is 10.0. The molecule has 0 aliphatic rings. The van der Waals surface area contributed by atoms with Gasteiger partial charge in [0.15, 0.2) is 0 Å². The summed E-state index contributed by atoms with van der Waals surface area (Å²) < 4.78 is 0. The molecule has 0 unspecified atom stereocenters. The largest absolute Gasteiger partial charge is 0.478 e. The van der Waals surface area contributed by atoms with E-state index in [1.165, 1.54) is 0 Å². The maximum atomic E-state index is 10.9. The Morgan fingerprint density at radius 3 is 2.56 bits per heavy atom. The number of carbonyl (C=O) groups is 1. The van der Waals surface area contributed by atoms with Gasteiger partial charge in [-0.3, -0.25) is 0 Å². The fourth-order valence-electron chi connectivity index (χ4n) is 1.27.